The van der Waals surface area contributed by atoms with Crippen molar-refractivity contribution in [2.75, 3.05) is 24.4 Å². The van der Waals surface area contributed by atoms with Gasteiger partial charge in [0.25, 0.3) is 0 Å². The van der Waals surface area contributed by atoms with Crippen LogP contribution in [0, 0.1) is 0 Å². The van der Waals surface area contributed by atoms with E-state index in [2.05, 4.69) is 15.4 Å². The van der Waals surface area contributed by atoms with Gasteiger partial charge in [0.05, 0.1) is 7.11 Å². The summed E-state index contributed by atoms with van der Waals surface area (Å²) < 4.78 is 46.0. The molecule has 0 aliphatic rings. The molecule has 2 rings (SSSR count). The zero-order valence-electron chi connectivity index (χ0n) is 14.3. The number of alkyl halides is 3. The van der Waals surface area contributed by atoms with E-state index in [1.807, 2.05) is 0 Å². The Bertz CT molecular complexity index is 716. The van der Waals surface area contributed by atoms with Gasteiger partial charge in [0, 0.05) is 11.4 Å². The van der Waals surface area contributed by atoms with Crippen LogP contribution in [0.2, 0.25) is 0 Å². The fourth-order valence-electron chi connectivity index (χ4n) is 2.05. The van der Waals surface area contributed by atoms with E-state index in [1.54, 1.807) is 50.4 Å². The molecule has 0 aliphatic carbocycles. The van der Waals surface area contributed by atoms with Gasteiger partial charge in [-0.1, -0.05) is 0 Å². The van der Waals surface area contributed by atoms with Crippen LogP contribution in [0.25, 0.3) is 0 Å². The lowest BCUT2D eigenvalue weighted by molar-refractivity contribution is -0.153. The van der Waals surface area contributed by atoms with Crippen LogP contribution >= 0.6 is 0 Å². The van der Waals surface area contributed by atoms with Crippen molar-refractivity contribution in [2.24, 2.45) is 0 Å². The van der Waals surface area contributed by atoms with Crippen molar-refractivity contribution >= 4 is 17.3 Å². The second-order valence-corrected chi connectivity index (χ2v) is 5.51. The van der Waals surface area contributed by atoms with Crippen molar-refractivity contribution in [1.82, 2.24) is 0 Å². The molecule has 5 nitrogen and oxygen atoms in total. The van der Waals surface area contributed by atoms with Crippen molar-refractivity contribution in [1.29, 1.82) is 0 Å². The number of amides is 1. The molecule has 1 amide bonds. The number of carbonyl (C=O) groups is 1. The molecule has 0 fully saturated rings. The molecule has 0 heterocycles. The van der Waals surface area contributed by atoms with E-state index in [4.69, 9.17) is 4.74 Å². The predicted octanol–water partition coefficient (Wildman–Crippen LogP) is 4.08. The van der Waals surface area contributed by atoms with E-state index in [-0.39, 0.29) is 11.7 Å². The zero-order valence-corrected chi connectivity index (χ0v) is 14.3. The molecule has 0 aliphatic heterocycles. The SMILES string of the molecule is COc1ccc(NC(=O)C(C)Nc2ccc(OCC(F)(F)F)cc2)cc1. The molecule has 2 N–H and O–H groups in total. The third-order valence-corrected chi connectivity index (χ3v) is 3.39. The lowest BCUT2D eigenvalue weighted by atomic mass is 10.2. The highest BCUT2D eigenvalue weighted by atomic mass is 19.4. The van der Waals surface area contributed by atoms with Crippen LogP contribution in [0.3, 0.4) is 0 Å². The van der Waals surface area contributed by atoms with Gasteiger partial charge in [-0.3, -0.25) is 4.79 Å². The van der Waals surface area contributed by atoms with E-state index in [1.165, 1.54) is 12.1 Å². The van der Waals surface area contributed by atoms with E-state index in [0.717, 1.165) is 0 Å². The highest BCUT2D eigenvalue weighted by Gasteiger charge is 2.28. The summed E-state index contributed by atoms with van der Waals surface area (Å²) in [5.41, 5.74) is 1.21. The Morgan fingerprint density at radius 1 is 1.00 bits per heavy atom. The molecular weight excluding hydrogens is 349 g/mol. The summed E-state index contributed by atoms with van der Waals surface area (Å²) in [6.07, 6.45) is -4.38. The van der Waals surface area contributed by atoms with Crippen molar-refractivity contribution in [3.63, 3.8) is 0 Å². The third kappa shape index (κ3) is 6.19. The molecule has 1 atom stereocenters. The fourth-order valence-corrected chi connectivity index (χ4v) is 2.05. The van der Waals surface area contributed by atoms with Crippen LogP contribution in [0.15, 0.2) is 48.5 Å². The number of hydrogen-bond acceptors (Lipinski definition) is 4. The smallest absolute Gasteiger partial charge is 0.422 e. The number of anilines is 2. The Morgan fingerprint density at radius 3 is 2.08 bits per heavy atom. The third-order valence-electron chi connectivity index (χ3n) is 3.39. The molecule has 140 valence electrons. The molecule has 2 aromatic rings. The number of rotatable bonds is 7. The lowest BCUT2D eigenvalue weighted by Gasteiger charge is -2.16. The second kappa shape index (κ2) is 8.46. The van der Waals surface area contributed by atoms with E-state index >= 15 is 0 Å². The summed E-state index contributed by atoms with van der Waals surface area (Å²) in [7, 11) is 1.55. The predicted molar refractivity (Wildman–Crippen MR) is 92.7 cm³/mol. The zero-order chi connectivity index (χ0) is 19.2. The van der Waals surface area contributed by atoms with Gasteiger partial charge >= 0.3 is 6.18 Å². The summed E-state index contributed by atoms with van der Waals surface area (Å²) in [4.78, 5) is 12.2. The largest absolute Gasteiger partial charge is 0.497 e. The molecule has 0 spiro atoms. The molecule has 1 unspecified atom stereocenters. The van der Waals surface area contributed by atoms with Crippen molar-refractivity contribution in [3.05, 3.63) is 48.5 Å². The van der Waals surface area contributed by atoms with Crippen molar-refractivity contribution in [3.8, 4) is 11.5 Å². The van der Waals surface area contributed by atoms with Crippen molar-refractivity contribution < 1.29 is 27.4 Å². The van der Waals surface area contributed by atoms with Gasteiger partial charge in [0.2, 0.25) is 5.91 Å². The van der Waals surface area contributed by atoms with E-state index in [9.17, 15) is 18.0 Å². The number of ether oxygens (including phenoxy) is 2. The lowest BCUT2D eigenvalue weighted by Crippen LogP contribution is -2.31. The minimum Gasteiger partial charge on any atom is -0.497 e. The van der Waals surface area contributed by atoms with Crippen LogP contribution in [-0.2, 0) is 4.79 Å². The van der Waals surface area contributed by atoms with Crippen LogP contribution in [0.1, 0.15) is 6.92 Å². The second-order valence-electron chi connectivity index (χ2n) is 5.51. The highest BCUT2D eigenvalue weighted by Crippen LogP contribution is 2.21. The summed E-state index contributed by atoms with van der Waals surface area (Å²) in [6.45, 7) is 0.327. The summed E-state index contributed by atoms with van der Waals surface area (Å²) >= 11 is 0. The monoisotopic (exact) mass is 368 g/mol. The molecule has 0 saturated carbocycles. The minimum absolute atomic E-state index is 0.100. The molecule has 8 heteroatoms. The number of nitrogens with one attached hydrogen (secondary N) is 2. The standard InChI is InChI=1S/C18H19F3N2O3/c1-12(17(24)23-14-3-7-15(25-2)8-4-14)22-13-5-9-16(10-6-13)26-11-18(19,20)21/h3-10,12,22H,11H2,1-2H3,(H,23,24). The normalized spacial score (nSPS) is 12.2. The van der Waals surface area contributed by atoms with Gasteiger partial charge in [0.1, 0.15) is 17.5 Å². The number of halogens is 3. The van der Waals surface area contributed by atoms with Crippen LogP contribution in [0.5, 0.6) is 11.5 Å². The first-order valence-electron chi connectivity index (χ1n) is 7.78. The Morgan fingerprint density at radius 2 is 1.54 bits per heavy atom. The molecule has 0 radical (unpaired) electrons. The summed E-state index contributed by atoms with van der Waals surface area (Å²) in [5.74, 6) is 0.526. The topological polar surface area (TPSA) is 59.6 Å². The Balaban J connectivity index is 1.87. The highest BCUT2D eigenvalue weighted by molar-refractivity contribution is 5.96. The average Bonchev–Trinajstić information content (AvgIpc) is 2.61. The molecule has 26 heavy (non-hydrogen) atoms. The summed E-state index contributed by atoms with van der Waals surface area (Å²) in [5, 5.41) is 5.72. The first-order chi connectivity index (χ1) is 12.3. The van der Waals surface area contributed by atoms with Gasteiger partial charge in [-0.15, -0.1) is 0 Å². The first kappa shape index (κ1) is 19.4. The molecule has 0 aromatic heterocycles. The number of methoxy groups -OCH3 is 1. The quantitative estimate of drug-likeness (QED) is 0.773. The van der Waals surface area contributed by atoms with Crippen LogP contribution in [-0.4, -0.2) is 31.8 Å². The number of carbonyl (C=O) groups excluding carboxylic acids is 1. The maximum absolute atomic E-state index is 12.2. The maximum atomic E-state index is 12.2. The minimum atomic E-state index is -4.38. The molecule has 2 aromatic carbocycles. The van der Waals surface area contributed by atoms with Gasteiger partial charge in [-0.05, 0) is 55.5 Å². The Hall–Kier alpha value is -2.90. The Labute approximate surface area is 149 Å². The molecule has 0 saturated heterocycles. The number of benzene rings is 2. The Kier molecular flexibility index (Phi) is 6.32. The average molecular weight is 368 g/mol. The maximum Gasteiger partial charge on any atom is 0.422 e. The van der Waals surface area contributed by atoms with Crippen LogP contribution in [0.4, 0.5) is 24.5 Å². The summed E-state index contributed by atoms with van der Waals surface area (Å²) in [6, 6.07) is 12.2. The van der Waals surface area contributed by atoms with Crippen LogP contribution < -0.4 is 20.1 Å². The molecular formula is C18H19F3N2O3. The van der Waals surface area contributed by atoms with E-state index in [0.29, 0.717) is 17.1 Å². The van der Waals surface area contributed by atoms with Crippen molar-refractivity contribution in [2.45, 2.75) is 19.1 Å². The van der Waals surface area contributed by atoms with Gasteiger partial charge in [0.15, 0.2) is 6.61 Å². The van der Waals surface area contributed by atoms with E-state index < -0.39 is 18.8 Å². The molecule has 0 bridgehead atoms. The fraction of sp³-hybridized carbons (Fsp3) is 0.278. The van der Waals surface area contributed by atoms with Gasteiger partial charge < -0.3 is 20.1 Å². The van der Waals surface area contributed by atoms with Gasteiger partial charge in [-0.25, -0.2) is 0 Å². The van der Waals surface area contributed by atoms with Gasteiger partial charge in [-0.2, -0.15) is 13.2 Å². The number of hydrogen-bond donors (Lipinski definition) is 2. The first-order valence-corrected chi connectivity index (χ1v) is 7.78.